The third-order valence-corrected chi connectivity index (χ3v) is 7.72. The molecule has 4 aromatic rings. The number of amides is 1. The zero-order chi connectivity index (χ0) is 27.3. The number of carbonyl (C=O) groups excluding carboxylic acids is 2. The fourth-order valence-electron chi connectivity index (χ4n) is 4.99. The number of carbonyl (C=O) groups is 2. The molecule has 1 amide bonds. The number of rotatable bonds is 6. The Labute approximate surface area is 227 Å². The molecule has 0 radical (unpaired) electrons. The van der Waals surface area contributed by atoms with E-state index in [0.29, 0.717) is 33.5 Å². The first kappa shape index (κ1) is 24.8. The molecule has 6 rings (SSSR count). The molecule has 1 fully saturated rings. The topological polar surface area (TPSA) is 89.0 Å². The van der Waals surface area contributed by atoms with E-state index in [-0.39, 0.29) is 29.2 Å². The number of ketones is 1. The molecule has 7 nitrogen and oxygen atoms in total. The minimum absolute atomic E-state index is 0.00477. The highest BCUT2D eigenvalue weighted by Gasteiger charge is 2.48. The number of aromatic nitrogens is 1. The number of aliphatic hydroxyl groups excluding tert-OH is 1. The number of hydrogen-bond acceptors (Lipinski definition) is 7. The van der Waals surface area contributed by atoms with Crippen LogP contribution in [0.3, 0.4) is 0 Å². The maximum Gasteiger partial charge on any atom is 0.301 e. The van der Waals surface area contributed by atoms with Gasteiger partial charge in [0.15, 0.2) is 5.13 Å². The summed E-state index contributed by atoms with van der Waals surface area (Å²) in [4.78, 5) is 32.9. The van der Waals surface area contributed by atoms with Gasteiger partial charge in [0.1, 0.15) is 35.8 Å². The van der Waals surface area contributed by atoms with Crippen LogP contribution >= 0.6 is 11.3 Å². The summed E-state index contributed by atoms with van der Waals surface area (Å²) in [5, 5.41) is 11.7. The average molecular weight is 543 g/mol. The van der Waals surface area contributed by atoms with Gasteiger partial charge in [-0.2, -0.15) is 0 Å². The van der Waals surface area contributed by atoms with E-state index in [1.54, 1.807) is 48.5 Å². The zero-order valence-electron chi connectivity index (χ0n) is 20.9. The van der Waals surface area contributed by atoms with Gasteiger partial charge in [-0.15, -0.1) is 0 Å². The first-order valence-electron chi connectivity index (χ1n) is 12.3. The minimum atomic E-state index is -0.994. The van der Waals surface area contributed by atoms with E-state index in [2.05, 4.69) is 11.6 Å². The molecule has 2 aliphatic rings. The van der Waals surface area contributed by atoms with E-state index >= 15 is 0 Å². The second-order valence-electron chi connectivity index (χ2n) is 9.40. The monoisotopic (exact) mass is 542 g/mol. The Bertz CT molecular complexity index is 1690. The summed E-state index contributed by atoms with van der Waals surface area (Å²) >= 11 is 1.09. The van der Waals surface area contributed by atoms with Crippen LogP contribution in [0.1, 0.15) is 29.7 Å². The zero-order valence-corrected chi connectivity index (χ0v) is 21.7. The lowest BCUT2D eigenvalue weighted by Crippen LogP contribution is -2.29. The molecular weight excluding hydrogens is 519 g/mol. The predicted molar refractivity (Wildman–Crippen MR) is 147 cm³/mol. The smallest absolute Gasteiger partial charge is 0.301 e. The van der Waals surface area contributed by atoms with Crippen molar-refractivity contribution in [3.05, 3.63) is 101 Å². The van der Waals surface area contributed by atoms with Gasteiger partial charge in [0.25, 0.3) is 5.78 Å². The van der Waals surface area contributed by atoms with Crippen LogP contribution < -0.4 is 14.4 Å². The maximum atomic E-state index is 13.9. The molecule has 0 saturated carbocycles. The second kappa shape index (κ2) is 9.67. The molecule has 2 aliphatic heterocycles. The standard InChI is InChI=1S/C30H23FN2O5S/c1-3-11-37-21-6-4-5-17(14-21)26-25(27(34)18-7-10-23-19(13-18)12-16(2)38-23)28(35)29(36)33(26)30-32-22-9-8-20(31)15-24(22)39-30/h3-10,13-16,26,34H,1,11-12H2,2H3/b27-25-. The molecule has 196 valence electrons. The summed E-state index contributed by atoms with van der Waals surface area (Å²) in [6.45, 7) is 5.89. The Hall–Kier alpha value is -4.50. The van der Waals surface area contributed by atoms with E-state index in [1.807, 2.05) is 6.92 Å². The van der Waals surface area contributed by atoms with Crippen molar-refractivity contribution in [3.63, 3.8) is 0 Å². The summed E-state index contributed by atoms with van der Waals surface area (Å²) in [5.41, 5.74) is 2.28. The summed E-state index contributed by atoms with van der Waals surface area (Å²) in [6.07, 6.45) is 2.28. The number of ether oxygens (including phenoxy) is 2. The van der Waals surface area contributed by atoms with Gasteiger partial charge in [-0.3, -0.25) is 14.5 Å². The van der Waals surface area contributed by atoms with Gasteiger partial charge in [0, 0.05) is 12.0 Å². The van der Waals surface area contributed by atoms with Gasteiger partial charge in [0.2, 0.25) is 0 Å². The molecule has 2 unspecified atom stereocenters. The van der Waals surface area contributed by atoms with Crippen molar-refractivity contribution in [1.29, 1.82) is 0 Å². The number of hydrogen-bond donors (Lipinski definition) is 1. The summed E-state index contributed by atoms with van der Waals surface area (Å²) in [7, 11) is 0. The fraction of sp³-hybridized carbons (Fsp3) is 0.167. The van der Waals surface area contributed by atoms with Crippen LogP contribution in [-0.2, 0) is 16.0 Å². The van der Waals surface area contributed by atoms with Crippen molar-refractivity contribution < 1.29 is 28.6 Å². The Morgan fingerprint density at radius 1 is 1.23 bits per heavy atom. The van der Waals surface area contributed by atoms with Gasteiger partial charge in [-0.25, -0.2) is 9.37 Å². The molecule has 9 heteroatoms. The summed E-state index contributed by atoms with van der Waals surface area (Å²) in [5.74, 6) is -1.18. The molecule has 1 aromatic heterocycles. The number of nitrogens with zero attached hydrogens (tertiary/aromatic N) is 2. The van der Waals surface area contributed by atoms with Gasteiger partial charge < -0.3 is 14.6 Å². The Balaban J connectivity index is 1.53. The summed E-state index contributed by atoms with van der Waals surface area (Å²) in [6, 6.07) is 15.3. The van der Waals surface area contributed by atoms with Crippen molar-refractivity contribution >= 4 is 44.1 Å². The molecule has 3 heterocycles. The molecule has 0 spiro atoms. The number of thiazole rings is 1. The van der Waals surface area contributed by atoms with E-state index in [9.17, 15) is 19.1 Å². The second-order valence-corrected chi connectivity index (χ2v) is 10.4. The molecule has 39 heavy (non-hydrogen) atoms. The molecule has 1 N–H and O–H groups in total. The number of fused-ring (bicyclic) bond motifs is 2. The van der Waals surface area contributed by atoms with E-state index in [4.69, 9.17) is 9.47 Å². The normalized spacial score (nSPS) is 19.8. The number of halogens is 1. The Morgan fingerprint density at radius 3 is 2.90 bits per heavy atom. The van der Waals surface area contributed by atoms with Crippen LogP contribution in [0.5, 0.6) is 11.5 Å². The third kappa shape index (κ3) is 4.34. The molecule has 1 saturated heterocycles. The Kier molecular flexibility index (Phi) is 6.15. The van der Waals surface area contributed by atoms with E-state index < -0.39 is 23.5 Å². The quantitative estimate of drug-likeness (QED) is 0.140. The highest BCUT2D eigenvalue weighted by molar-refractivity contribution is 7.22. The highest BCUT2D eigenvalue weighted by atomic mass is 32.1. The minimum Gasteiger partial charge on any atom is -0.507 e. The number of Topliss-reactive ketones (excluding diaryl/α,β-unsaturated/α-hetero) is 1. The fourth-order valence-corrected chi connectivity index (χ4v) is 6.01. The largest absolute Gasteiger partial charge is 0.507 e. The van der Waals surface area contributed by atoms with Gasteiger partial charge >= 0.3 is 5.91 Å². The third-order valence-electron chi connectivity index (χ3n) is 6.70. The van der Waals surface area contributed by atoms with Gasteiger partial charge in [-0.05, 0) is 66.6 Å². The summed E-state index contributed by atoms with van der Waals surface area (Å²) < 4.78 is 25.9. The van der Waals surface area contributed by atoms with Gasteiger partial charge in [-0.1, -0.05) is 36.1 Å². The predicted octanol–water partition coefficient (Wildman–Crippen LogP) is 5.95. The van der Waals surface area contributed by atoms with E-state index in [0.717, 1.165) is 22.6 Å². The number of benzene rings is 3. The molecular formula is C30H23FN2O5S. The maximum absolute atomic E-state index is 13.9. The van der Waals surface area contributed by atoms with Crippen molar-refractivity contribution in [1.82, 2.24) is 4.98 Å². The first-order valence-corrected chi connectivity index (χ1v) is 13.2. The van der Waals surface area contributed by atoms with Crippen LogP contribution in [0.15, 0.2) is 78.9 Å². The van der Waals surface area contributed by atoms with Crippen LogP contribution in [0.4, 0.5) is 9.52 Å². The number of aliphatic hydroxyl groups is 1. The molecule has 0 aliphatic carbocycles. The lowest BCUT2D eigenvalue weighted by Gasteiger charge is -2.23. The van der Waals surface area contributed by atoms with Crippen LogP contribution in [0.25, 0.3) is 16.0 Å². The molecule has 0 bridgehead atoms. The van der Waals surface area contributed by atoms with Crippen molar-refractivity contribution in [2.75, 3.05) is 11.5 Å². The number of anilines is 1. The van der Waals surface area contributed by atoms with E-state index in [1.165, 1.54) is 23.1 Å². The average Bonchev–Trinajstić information content (AvgIpc) is 3.59. The Morgan fingerprint density at radius 2 is 2.08 bits per heavy atom. The van der Waals surface area contributed by atoms with Crippen molar-refractivity contribution in [2.45, 2.75) is 25.5 Å². The van der Waals surface area contributed by atoms with Crippen molar-refractivity contribution in [2.24, 2.45) is 0 Å². The highest BCUT2D eigenvalue weighted by Crippen LogP contribution is 2.45. The van der Waals surface area contributed by atoms with Crippen molar-refractivity contribution in [3.8, 4) is 11.5 Å². The van der Waals surface area contributed by atoms with Crippen LogP contribution in [0, 0.1) is 5.82 Å². The molecule has 2 atom stereocenters. The SMILES string of the molecule is C=CCOc1cccc(C2/C(=C(/O)c3ccc4c(c3)CC(C)O4)C(=O)C(=O)N2c2nc3ccc(F)cc3s2)c1. The first-order chi connectivity index (χ1) is 18.8. The van der Waals surface area contributed by atoms with Crippen LogP contribution in [0.2, 0.25) is 0 Å². The molecule has 3 aromatic carbocycles. The lowest BCUT2D eigenvalue weighted by molar-refractivity contribution is -0.132. The van der Waals surface area contributed by atoms with Gasteiger partial charge in [0.05, 0.1) is 21.8 Å². The van der Waals surface area contributed by atoms with Crippen LogP contribution in [-0.4, -0.2) is 34.5 Å². The lowest BCUT2D eigenvalue weighted by atomic mass is 9.94.